The number of para-hydroxylation sites is 1. The quantitative estimate of drug-likeness (QED) is 0.443. The van der Waals surface area contributed by atoms with Gasteiger partial charge in [-0.3, -0.25) is 14.5 Å². The van der Waals surface area contributed by atoms with Gasteiger partial charge in [-0.1, -0.05) is 54.1 Å². The van der Waals surface area contributed by atoms with Crippen LogP contribution >= 0.6 is 11.6 Å². The van der Waals surface area contributed by atoms with E-state index >= 15 is 0 Å². The van der Waals surface area contributed by atoms with Gasteiger partial charge in [0, 0.05) is 17.9 Å². The molecule has 0 unspecified atom stereocenters. The molecular formula is C27H29Cl2N3O2. The first kappa shape index (κ1) is 25.8. The van der Waals surface area contributed by atoms with Crippen LogP contribution in [-0.4, -0.2) is 24.9 Å². The molecule has 3 aromatic rings. The summed E-state index contributed by atoms with van der Waals surface area (Å²) in [6.07, 6.45) is 4.38. The van der Waals surface area contributed by atoms with Crippen molar-refractivity contribution in [3.05, 3.63) is 88.9 Å². The number of nitrogens with two attached hydrogens (primary N) is 1. The Balaban J connectivity index is 0.00000324. The summed E-state index contributed by atoms with van der Waals surface area (Å²) < 4.78 is 0. The smallest absolute Gasteiger partial charge is 0.257 e. The monoisotopic (exact) mass is 497 g/mol. The number of benzene rings is 3. The molecule has 0 bridgehead atoms. The summed E-state index contributed by atoms with van der Waals surface area (Å²) >= 11 is 6.15. The van der Waals surface area contributed by atoms with Crippen LogP contribution in [0.25, 0.3) is 0 Å². The number of hydrogen-bond donors (Lipinski definition) is 2. The van der Waals surface area contributed by atoms with Gasteiger partial charge >= 0.3 is 0 Å². The van der Waals surface area contributed by atoms with Crippen LogP contribution in [0, 0.1) is 0 Å². The van der Waals surface area contributed by atoms with Gasteiger partial charge in [0.15, 0.2) is 0 Å². The minimum Gasteiger partial charge on any atom is -1.00 e. The van der Waals surface area contributed by atoms with E-state index in [0.29, 0.717) is 34.1 Å². The number of nitrogens with one attached hydrogen (secondary N) is 1. The zero-order valence-corrected chi connectivity index (χ0v) is 20.5. The van der Waals surface area contributed by atoms with Crippen molar-refractivity contribution >= 4 is 40.5 Å². The maximum absolute atomic E-state index is 13.3. The Morgan fingerprint density at radius 1 is 0.882 bits per heavy atom. The van der Waals surface area contributed by atoms with Gasteiger partial charge in [0.05, 0.1) is 35.7 Å². The number of anilines is 3. The largest absolute Gasteiger partial charge is 1.00 e. The molecule has 178 valence electrons. The van der Waals surface area contributed by atoms with E-state index in [1.54, 1.807) is 35.2 Å². The Hall–Kier alpha value is -2.86. The minimum absolute atomic E-state index is 0. The zero-order chi connectivity index (χ0) is 23.0. The third kappa shape index (κ3) is 6.38. The Morgan fingerprint density at radius 2 is 1.65 bits per heavy atom. The molecular weight excluding hydrogens is 469 g/mol. The zero-order valence-electron chi connectivity index (χ0n) is 19.0. The second-order valence-corrected chi connectivity index (χ2v) is 8.71. The van der Waals surface area contributed by atoms with Gasteiger partial charge < -0.3 is 23.0 Å². The molecule has 0 aromatic heterocycles. The van der Waals surface area contributed by atoms with E-state index in [9.17, 15) is 9.59 Å². The Labute approximate surface area is 211 Å². The SMILES string of the molecule is O=C1Nc2cc(Cl)ccc2N(C(=O)CCCCC[NH2+]CCc2ccccc2)c2ccccc21.[Cl-]. The molecule has 7 heteroatoms. The first-order chi connectivity index (χ1) is 16.1. The summed E-state index contributed by atoms with van der Waals surface area (Å²) in [6.45, 7) is 2.14. The normalized spacial score (nSPS) is 12.1. The lowest BCUT2D eigenvalue weighted by molar-refractivity contribution is -0.654. The summed E-state index contributed by atoms with van der Waals surface area (Å²) in [7, 11) is 0. The van der Waals surface area contributed by atoms with Crippen molar-refractivity contribution in [1.82, 2.24) is 0 Å². The molecule has 0 fully saturated rings. The van der Waals surface area contributed by atoms with Crippen LogP contribution in [0.15, 0.2) is 72.8 Å². The fourth-order valence-corrected chi connectivity index (χ4v) is 4.34. The molecule has 0 saturated heterocycles. The fraction of sp³-hybridized carbons (Fsp3) is 0.259. The summed E-state index contributed by atoms with van der Waals surface area (Å²) in [5.74, 6) is -0.258. The second-order valence-electron chi connectivity index (χ2n) is 8.27. The third-order valence-corrected chi connectivity index (χ3v) is 6.10. The first-order valence-corrected chi connectivity index (χ1v) is 11.9. The Bertz CT molecular complexity index is 1120. The Kier molecular flexibility index (Phi) is 9.52. The number of carbonyl (C=O) groups is 2. The molecule has 0 spiro atoms. The van der Waals surface area contributed by atoms with Crippen LogP contribution < -0.4 is 27.9 Å². The van der Waals surface area contributed by atoms with Gasteiger partial charge in [0.2, 0.25) is 5.91 Å². The van der Waals surface area contributed by atoms with E-state index in [4.69, 9.17) is 11.6 Å². The van der Waals surface area contributed by atoms with Gasteiger partial charge in [-0.2, -0.15) is 0 Å². The summed E-state index contributed by atoms with van der Waals surface area (Å²) in [5.41, 5.74) is 3.65. The number of rotatable bonds is 9. The fourth-order valence-electron chi connectivity index (χ4n) is 4.16. The van der Waals surface area contributed by atoms with Gasteiger partial charge in [-0.25, -0.2) is 0 Å². The van der Waals surface area contributed by atoms with Crippen LogP contribution in [0.5, 0.6) is 0 Å². The topological polar surface area (TPSA) is 66.0 Å². The molecule has 34 heavy (non-hydrogen) atoms. The first-order valence-electron chi connectivity index (χ1n) is 11.5. The molecule has 0 aliphatic carbocycles. The second kappa shape index (κ2) is 12.6. The van der Waals surface area contributed by atoms with Crippen molar-refractivity contribution in [3.63, 3.8) is 0 Å². The number of carbonyl (C=O) groups excluding carboxylic acids is 2. The molecule has 3 N–H and O–H groups in total. The standard InChI is InChI=1S/C27H28ClN3O2.ClH/c28-21-14-15-25-23(19-21)30-27(33)22-11-6-7-12-24(22)31(25)26(32)13-5-2-8-17-29-18-16-20-9-3-1-4-10-20;/h1,3-4,6-7,9-12,14-15,19,29H,2,5,8,13,16-18H2,(H,30,33);1H. The summed E-state index contributed by atoms with van der Waals surface area (Å²) in [5, 5.41) is 5.75. The van der Waals surface area contributed by atoms with Crippen molar-refractivity contribution < 1.29 is 27.3 Å². The van der Waals surface area contributed by atoms with Crippen LogP contribution in [0.1, 0.15) is 41.6 Å². The van der Waals surface area contributed by atoms with Crippen LogP contribution in [0.2, 0.25) is 5.02 Å². The molecule has 0 saturated carbocycles. The van der Waals surface area contributed by atoms with E-state index in [2.05, 4.69) is 34.9 Å². The number of halogens is 2. The number of quaternary nitrogens is 1. The number of nitrogens with zero attached hydrogens (tertiary/aromatic N) is 1. The highest BCUT2D eigenvalue weighted by Gasteiger charge is 2.28. The molecule has 1 heterocycles. The van der Waals surface area contributed by atoms with E-state index in [-0.39, 0.29) is 24.2 Å². The van der Waals surface area contributed by atoms with Crippen molar-refractivity contribution in [2.24, 2.45) is 0 Å². The third-order valence-electron chi connectivity index (χ3n) is 5.87. The average Bonchev–Trinajstić information content (AvgIpc) is 2.95. The van der Waals surface area contributed by atoms with E-state index < -0.39 is 0 Å². The molecule has 4 rings (SSSR count). The average molecular weight is 498 g/mol. The van der Waals surface area contributed by atoms with Gasteiger partial charge in [-0.15, -0.1) is 0 Å². The van der Waals surface area contributed by atoms with E-state index in [1.165, 1.54) is 5.56 Å². The Morgan fingerprint density at radius 3 is 2.47 bits per heavy atom. The van der Waals surface area contributed by atoms with Gasteiger partial charge in [0.1, 0.15) is 0 Å². The minimum atomic E-state index is -0.240. The summed E-state index contributed by atoms with van der Waals surface area (Å²) in [4.78, 5) is 27.7. The van der Waals surface area contributed by atoms with Gasteiger partial charge in [-0.05, 0) is 55.2 Å². The molecule has 5 nitrogen and oxygen atoms in total. The predicted octanol–water partition coefficient (Wildman–Crippen LogP) is 1.94. The molecule has 0 atom stereocenters. The molecule has 0 radical (unpaired) electrons. The maximum atomic E-state index is 13.3. The lowest BCUT2D eigenvalue weighted by Crippen LogP contribution is -3.00. The number of hydrogen-bond acceptors (Lipinski definition) is 2. The van der Waals surface area contributed by atoms with Crippen LogP contribution in [0.4, 0.5) is 17.1 Å². The number of unbranched alkanes of at least 4 members (excludes halogenated alkanes) is 2. The highest BCUT2D eigenvalue weighted by molar-refractivity contribution is 6.31. The van der Waals surface area contributed by atoms with Crippen molar-refractivity contribution in [2.75, 3.05) is 23.3 Å². The van der Waals surface area contributed by atoms with Crippen molar-refractivity contribution in [2.45, 2.75) is 32.1 Å². The number of amides is 2. The summed E-state index contributed by atoms with van der Waals surface area (Å²) in [6, 6.07) is 22.9. The van der Waals surface area contributed by atoms with Crippen LogP contribution in [0.3, 0.4) is 0 Å². The predicted molar refractivity (Wildman–Crippen MR) is 133 cm³/mol. The highest BCUT2D eigenvalue weighted by atomic mass is 35.5. The molecule has 3 aromatic carbocycles. The van der Waals surface area contributed by atoms with Crippen molar-refractivity contribution in [3.8, 4) is 0 Å². The lowest BCUT2D eigenvalue weighted by Gasteiger charge is -2.24. The number of fused-ring (bicyclic) bond motifs is 2. The van der Waals surface area contributed by atoms with E-state index in [1.807, 2.05) is 18.2 Å². The lowest BCUT2D eigenvalue weighted by atomic mass is 10.1. The maximum Gasteiger partial charge on any atom is 0.257 e. The molecule has 1 aliphatic rings. The van der Waals surface area contributed by atoms with Crippen LogP contribution in [-0.2, 0) is 11.2 Å². The van der Waals surface area contributed by atoms with Gasteiger partial charge in [0.25, 0.3) is 5.91 Å². The molecule has 1 aliphatic heterocycles. The molecule has 2 amide bonds. The van der Waals surface area contributed by atoms with Crippen molar-refractivity contribution in [1.29, 1.82) is 0 Å². The highest BCUT2D eigenvalue weighted by Crippen LogP contribution is 2.39. The van der Waals surface area contributed by atoms with E-state index in [0.717, 1.165) is 38.8 Å².